The van der Waals surface area contributed by atoms with Crippen molar-refractivity contribution in [2.24, 2.45) is 0 Å². The molecule has 0 saturated carbocycles. The fourth-order valence-corrected chi connectivity index (χ4v) is 5.45. The van der Waals surface area contributed by atoms with E-state index in [0.717, 1.165) is 0 Å². The molecule has 4 aromatic rings. The molecule has 0 radical (unpaired) electrons. The van der Waals surface area contributed by atoms with Gasteiger partial charge < -0.3 is 69.0 Å². The molecule has 4 rings (SSSR count). The van der Waals surface area contributed by atoms with Crippen LogP contribution in [0.4, 0.5) is 0 Å². The van der Waals surface area contributed by atoms with E-state index in [4.69, 9.17) is 10.2 Å². The van der Waals surface area contributed by atoms with Crippen LogP contribution in [-0.4, -0.2) is 121 Å². The molecule has 0 saturated heterocycles. The third-order valence-electron chi connectivity index (χ3n) is 7.37. The van der Waals surface area contributed by atoms with E-state index in [1.807, 2.05) is 42.3 Å². The molecule has 0 bridgehead atoms. The van der Waals surface area contributed by atoms with Crippen molar-refractivity contribution in [2.45, 2.75) is 31.5 Å². The van der Waals surface area contributed by atoms with Crippen LogP contribution in [0.2, 0.25) is 0 Å². The predicted octanol–water partition coefficient (Wildman–Crippen LogP) is -7.88. The molecule has 14 nitrogen and oxygen atoms in total. The number of likely N-dealkylation sites (N-methyl/N-ethyl adjacent to an activating group) is 2. The Hall–Kier alpha value is -2.01. The van der Waals surface area contributed by atoms with Crippen molar-refractivity contribution in [2.75, 3.05) is 55.4 Å². The van der Waals surface area contributed by atoms with Gasteiger partial charge in [0.05, 0.1) is 54.2 Å². The van der Waals surface area contributed by atoms with Crippen molar-refractivity contribution < 1.29 is 172 Å². The molecular formula is C37H44K2N2O12. The number of hydrogen-bond acceptors (Lipinski definition) is 12. The first-order valence-electron chi connectivity index (χ1n) is 15.8. The number of quaternary nitrogens is 2. The molecule has 276 valence electrons. The SMILES string of the molecule is C[N+](C)(C)CC(O)CC(=O)[O-].C[N+](C)(C)CC(O)CC(=O)[O-].O=C([O-])c1cc2ccccc2c(Cc2c(O)c(C(=O)[O-])cc3ccccc23)c1O.[K+].[K+]. The van der Waals surface area contributed by atoms with Crippen LogP contribution in [0.1, 0.15) is 44.7 Å². The van der Waals surface area contributed by atoms with Gasteiger partial charge in [-0.15, -0.1) is 0 Å². The number of phenols is 2. The summed E-state index contributed by atoms with van der Waals surface area (Å²) in [5.74, 6) is -6.44. The van der Waals surface area contributed by atoms with Crippen molar-refractivity contribution in [1.82, 2.24) is 0 Å². The molecule has 2 unspecified atom stereocenters. The van der Waals surface area contributed by atoms with Crippen LogP contribution in [0.25, 0.3) is 21.5 Å². The zero-order chi connectivity index (χ0) is 38.8. The summed E-state index contributed by atoms with van der Waals surface area (Å²) in [6.45, 7) is 0.849. The van der Waals surface area contributed by atoms with E-state index in [0.29, 0.717) is 43.6 Å². The monoisotopic (exact) mass is 786 g/mol. The van der Waals surface area contributed by atoms with Crippen molar-refractivity contribution >= 4 is 45.4 Å². The van der Waals surface area contributed by atoms with Gasteiger partial charge in [0.2, 0.25) is 0 Å². The molecule has 0 aliphatic heterocycles. The van der Waals surface area contributed by atoms with E-state index < -0.39 is 47.6 Å². The maximum atomic E-state index is 11.5. The van der Waals surface area contributed by atoms with Crippen LogP contribution in [0.15, 0.2) is 60.7 Å². The van der Waals surface area contributed by atoms with Gasteiger partial charge in [-0.3, -0.25) is 0 Å². The number of carboxylic acid groups (broad SMARTS) is 4. The second kappa shape index (κ2) is 22.5. The first-order valence-corrected chi connectivity index (χ1v) is 15.8. The van der Waals surface area contributed by atoms with E-state index >= 15 is 0 Å². The molecule has 2 atom stereocenters. The summed E-state index contributed by atoms with van der Waals surface area (Å²) < 4.78 is 1.10. The third-order valence-corrected chi connectivity index (χ3v) is 7.37. The Balaban J connectivity index is 0.000000941. The fraction of sp³-hybridized carbons (Fsp3) is 0.351. The number of hydrogen-bond donors (Lipinski definition) is 4. The zero-order valence-corrected chi connectivity index (χ0v) is 37.7. The Labute approximate surface area is 393 Å². The number of carbonyl (C=O) groups excluding carboxylic acids is 4. The van der Waals surface area contributed by atoms with Crippen LogP contribution in [0.5, 0.6) is 11.5 Å². The van der Waals surface area contributed by atoms with Gasteiger partial charge in [0.1, 0.15) is 36.8 Å². The smallest absolute Gasteiger partial charge is 0.550 e. The Morgan fingerprint density at radius 2 is 0.887 bits per heavy atom. The van der Waals surface area contributed by atoms with E-state index in [1.165, 1.54) is 12.1 Å². The largest absolute Gasteiger partial charge is 1.00 e. The molecule has 0 aromatic heterocycles. The van der Waals surface area contributed by atoms with Crippen molar-refractivity contribution in [1.29, 1.82) is 0 Å². The van der Waals surface area contributed by atoms with Crippen LogP contribution in [0, 0.1) is 0 Å². The molecule has 0 heterocycles. The Morgan fingerprint density at radius 3 is 1.15 bits per heavy atom. The Kier molecular flexibility index (Phi) is 21.7. The van der Waals surface area contributed by atoms with Crippen molar-refractivity contribution in [3.63, 3.8) is 0 Å². The second-order valence-electron chi connectivity index (χ2n) is 14.1. The number of carboxylic acids is 4. The summed E-state index contributed by atoms with van der Waals surface area (Å²) in [7, 11) is 11.3. The number of rotatable bonds is 12. The third kappa shape index (κ3) is 17.1. The van der Waals surface area contributed by atoms with Crippen LogP contribution < -0.4 is 123 Å². The molecule has 0 amide bonds. The summed E-state index contributed by atoms with van der Waals surface area (Å²) in [6.07, 6.45) is -2.27. The number of aromatic carboxylic acids is 2. The van der Waals surface area contributed by atoms with Gasteiger partial charge in [-0.2, -0.15) is 0 Å². The predicted molar refractivity (Wildman–Crippen MR) is 180 cm³/mol. The summed E-state index contributed by atoms with van der Waals surface area (Å²) >= 11 is 0. The topological polar surface area (TPSA) is 241 Å². The number of aromatic hydroxyl groups is 2. The molecule has 16 heteroatoms. The van der Waals surface area contributed by atoms with Gasteiger partial charge in [-0.05, 0) is 33.7 Å². The summed E-state index contributed by atoms with van der Waals surface area (Å²) in [6, 6.07) is 16.4. The van der Waals surface area contributed by atoms with Crippen LogP contribution in [-0.2, 0) is 16.0 Å². The van der Waals surface area contributed by atoms with E-state index in [2.05, 4.69) is 0 Å². The number of benzene rings is 4. The van der Waals surface area contributed by atoms with Gasteiger partial charge in [0.25, 0.3) is 0 Å². The second-order valence-corrected chi connectivity index (χ2v) is 14.1. The maximum absolute atomic E-state index is 11.5. The molecule has 4 N–H and O–H groups in total. The Bertz CT molecular complexity index is 1750. The van der Waals surface area contributed by atoms with Crippen LogP contribution in [0.3, 0.4) is 0 Å². The summed E-state index contributed by atoms with van der Waals surface area (Å²) in [4.78, 5) is 43.0. The average Bonchev–Trinajstić information content (AvgIpc) is 2.97. The molecule has 0 fully saturated rings. The van der Waals surface area contributed by atoms with E-state index in [1.54, 1.807) is 48.5 Å². The minimum atomic E-state index is -1.54. The molecule has 0 aliphatic carbocycles. The first-order chi connectivity index (χ1) is 23.5. The average molecular weight is 787 g/mol. The van der Waals surface area contributed by atoms with Gasteiger partial charge in [0, 0.05) is 53.5 Å². The quantitative estimate of drug-likeness (QED) is 0.0774. The normalized spacial score (nSPS) is 12.1. The van der Waals surface area contributed by atoms with Gasteiger partial charge in [-0.1, -0.05) is 48.5 Å². The molecular weight excluding hydrogens is 743 g/mol. The van der Waals surface area contributed by atoms with E-state index in [-0.39, 0.29) is 144 Å². The molecule has 53 heavy (non-hydrogen) atoms. The van der Waals surface area contributed by atoms with Crippen LogP contribution >= 0.6 is 0 Å². The van der Waals surface area contributed by atoms with Gasteiger partial charge in [-0.25, -0.2) is 0 Å². The molecule has 4 aromatic carbocycles. The summed E-state index contributed by atoms with van der Waals surface area (Å²) in [5, 5.41) is 84.8. The van der Waals surface area contributed by atoms with Crippen molar-refractivity contribution in [3.05, 3.63) is 82.9 Å². The number of aliphatic hydroxyl groups is 2. The fourth-order valence-electron chi connectivity index (χ4n) is 5.45. The zero-order valence-electron chi connectivity index (χ0n) is 31.4. The maximum Gasteiger partial charge on any atom is 1.00 e. The molecule has 0 spiro atoms. The number of aliphatic hydroxyl groups excluding tert-OH is 2. The molecule has 0 aliphatic rings. The minimum Gasteiger partial charge on any atom is -0.550 e. The minimum absolute atomic E-state index is 0. The van der Waals surface area contributed by atoms with E-state index in [9.17, 15) is 49.8 Å². The first kappa shape index (κ1) is 51.0. The number of carbonyl (C=O) groups is 4. The van der Waals surface area contributed by atoms with Gasteiger partial charge >= 0.3 is 103 Å². The number of fused-ring (bicyclic) bond motifs is 2. The standard InChI is InChI=1S/C23H16O6.2C7H15NO3.2K/c24-20-16(14-7-3-1-5-12(14)9-18(20)22(26)27)11-17-15-8-4-2-6-13(15)10-19(21(17)25)23(28)29;2*1-8(2,3)5-6(9)4-7(10)11;;/h1-10,24-25H,11H2,(H,26,27)(H,28,29);2*6,9H,4-5H2,1-3H3;;/q;;;2*+1/p-2. The van der Waals surface area contributed by atoms with Crippen molar-refractivity contribution in [3.8, 4) is 11.5 Å². The number of aliphatic carboxylic acids is 2. The Morgan fingerprint density at radius 1 is 0.585 bits per heavy atom. The van der Waals surface area contributed by atoms with Gasteiger partial charge in [0.15, 0.2) is 0 Å². The summed E-state index contributed by atoms with van der Waals surface area (Å²) in [5.41, 5.74) is -0.256. The number of nitrogens with zero attached hydrogens (tertiary/aromatic N) is 2.